The number of para-hydroxylation sites is 1. The molecule has 2 heterocycles. The van der Waals surface area contributed by atoms with Crippen molar-refractivity contribution >= 4 is 17.5 Å². The summed E-state index contributed by atoms with van der Waals surface area (Å²) in [6.07, 6.45) is 2.75. The van der Waals surface area contributed by atoms with Crippen LogP contribution >= 0.6 is 0 Å². The third-order valence-electron chi connectivity index (χ3n) is 4.65. The fourth-order valence-electron chi connectivity index (χ4n) is 3.21. The Bertz CT molecular complexity index is 1000. The van der Waals surface area contributed by atoms with Gasteiger partial charge in [0, 0.05) is 30.8 Å². The topological polar surface area (TPSA) is 85.6 Å². The molecular weight excluding hydrogens is 370 g/mol. The van der Waals surface area contributed by atoms with Crippen LogP contribution in [-0.4, -0.2) is 24.4 Å². The number of nitrogens with one attached hydrogen (secondary N) is 1. The van der Waals surface area contributed by atoms with Gasteiger partial charge in [-0.3, -0.25) is 9.59 Å². The predicted molar refractivity (Wildman–Crippen MR) is 107 cm³/mol. The minimum atomic E-state index is -0.308. The molecule has 2 amide bonds. The summed E-state index contributed by atoms with van der Waals surface area (Å²) in [6.45, 7) is 0.387. The van der Waals surface area contributed by atoms with Gasteiger partial charge < -0.3 is 20.2 Å². The highest BCUT2D eigenvalue weighted by molar-refractivity contribution is 5.98. The Balaban J connectivity index is 1.38. The number of amides is 2. The van der Waals surface area contributed by atoms with E-state index in [-0.39, 0.29) is 24.3 Å². The number of carbonyl (C=O) groups excluding carboxylic acids is 2. The number of hydrogen-bond acceptors (Lipinski definition) is 4. The van der Waals surface area contributed by atoms with Gasteiger partial charge in [-0.2, -0.15) is 4.73 Å². The van der Waals surface area contributed by atoms with E-state index in [2.05, 4.69) is 5.32 Å². The Kier molecular flexibility index (Phi) is 5.11. The average Bonchev–Trinajstić information content (AvgIpc) is 3.10. The highest BCUT2D eigenvalue weighted by atomic mass is 16.5. The van der Waals surface area contributed by atoms with Crippen LogP contribution in [0.1, 0.15) is 16.8 Å². The first kappa shape index (κ1) is 18.5. The summed E-state index contributed by atoms with van der Waals surface area (Å²) in [7, 11) is 0. The van der Waals surface area contributed by atoms with Crippen LogP contribution in [0.3, 0.4) is 0 Å². The molecule has 4 rings (SSSR count). The minimum Gasteiger partial charge on any atom is -0.619 e. The third kappa shape index (κ3) is 4.35. The zero-order chi connectivity index (χ0) is 20.2. The van der Waals surface area contributed by atoms with Crippen molar-refractivity contribution in [2.75, 3.05) is 11.4 Å². The van der Waals surface area contributed by atoms with Crippen LogP contribution in [0.5, 0.6) is 11.5 Å². The maximum Gasteiger partial charge on any atom is 0.252 e. The molecule has 1 aliphatic rings. The molecule has 29 heavy (non-hydrogen) atoms. The van der Waals surface area contributed by atoms with E-state index in [0.29, 0.717) is 22.6 Å². The summed E-state index contributed by atoms with van der Waals surface area (Å²) in [5.41, 5.74) is 1.13. The van der Waals surface area contributed by atoms with Crippen molar-refractivity contribution in [2.24, 2.45) is 0 Å². The first-order chi connectivity index (χ1) is 14.1. The van der Waals surface area contributed by atoms with Crippen molar-refractivity contribution in [3.8, 4) is 11.5 Å². The molecule has 0 spiro atoms. The van der Waals surface area contributed by atoms with Crippen LogP contribution in [0.25, 0.3) is 0 Å². The summed E-state index contributed by atoms with van der Waals surface area (Å²) in [5, 5.41) is 13.9. The van der Waals surface area contributed by atoms with Crippen LogP contribution in [0.4, 0.5) is 5.69 Å². The molecule has 0 radical (unpaired) electrons. The molecule has 1 aromatic heterocycles. The van der Waals surface area contributed by atoms with E-state index in [4.69, 9.17) is 4.74 Å². The number of ether oxygens (including phenoxy) is 1. The second kappa shape index (κ2) is 8.02. The molecule has 1 aliphatic heterocycles. The quantitative estimate of drug-likeness (QED) is 0.537. The SMILES string of the molecule is O=C(NC1CC(=O)N(c2ccc(Oc3ccccc3)cc2)C1)c1cc[n+]([O-])cc1. The molecule has 0 saturated carbocycles. The molecule has 1 fully saturated rings. The predicted octanol–water partition coefficient (Wildman–Crippen LogP) is 2.65. The Labute approximate surface area is 167 Å². The molecule has 0 bridgehead atoms. The van der Waals surface area contributed by atoms with Gasteiger partial charge in [0.05, 0.1) is 11.6 Å². The van der Waals surface area contributed by atoms with Crippen molar-refractivity contribution in [1.82, 2.24) is 5.32 Å². The van der Waals surface area contributed by atoms with E-state index < -0.39 is 0 Å². The number of benzene rings is 2. The van der Waals surface area contributed by atoms with Crippen molar-refractivity contribution in [3.63, 3.8) is 0 Å². The molecule has 0 aliphatic carbocycles. The smallest absolute Gasteiger partial charge is 0.252 e. The summed E-state index contributed by atoms with van der Waals surface area (Å²) in [6, 6.07) is 19.3. The number of carbonyl (C=O) groups is 2. The van der Waals surface area contributed by atoms with Crippen LogP contribution in [0.2, 0.25) is 0 Å². The van der Waals surface area contributed by atoms with Gasteiger partial charge in [0.2, 0.25) is 5.91 Å². The molecule has 1 saturated heterocycles. The summed E-state index contributed by atoms with van der Waals surface area (Å²) < 4.78 is 6.38. The van der Waals surface area contributed by atoms with Crippen molar-refractivity contribution < 1.29 is 19.1 Å². The number of hydrogen-bond donors (Lipinski definition) is 1. The molecule has 2 aromatic carbocycles. The zero-order valence-corrected chi connectivity index (χ0v) is 15.5. The largest absolute Gasteiger partial charge is 0.619 e. The summed E-state index contributed by atoms with van der Waals surface area (Å²) >= 11 is 0. The molecule has 1 N–H and O–H groups in total. The standard InChI is InChI=1S/C22H19N3O4/c26-21-14-17(23-22(27)16-10-12-24(28)13-11-16)15-25(21)18-6-8-20(9-7-18)29-19-4-2-1-3-5-19/h1-13,17H,14-15H2,(H,23,27). The average molecular weight is 389 g/mol. The van der Waals surface area contributed by atoms with Crippen LogP contribution < -0.4 is 19.7 Å². The lowest BCUT2D eigenvalue weighted by Crippen LogP contribution is -2.37. The first-order valence-corrected chi connectivity index (χ1v) is 9.21. The normalized spacial score (nSPS) is 15.9. The van der Waals surface area contributed by atoms with Crippen molar-refractivity contribution in [3.05, 3.63) is 89.9 Å². The Morgan fingerprint density at radius 3 is 2.34 bits per heavy atom. The Morgan fingerprint density at radius 1 is 1.00 bits per heavy atom. The first-order valence-electron chi connectivity index (χ1n) is 9.21. The van der Waals surface area contributed by atoms with Crippen LogP contribution in [0, 0.1) is 5.21 Å². The molecule has 3 aromatic rings. The van der Waals surface area contributed by atoms with Crippen LogP contribution in [-0.2, 0) is 4.79 Å². The van der Waals surface area contributed by atoms with Gasteiger partial charge in [-0.15, -0.1) is 0 Å². The van der Waals surface area contributed by atoms with Gasteiger partial charge in [-0.25, -0.2) is 0 Å². The second-order valence-corrected chi connectivity index (χ2v) is 6.73. The molecule has 1 unspecified atom stereocenters. The molecule has 1 atom stereocenters. The number of aromatic nitrogens is 1. The van der Waals surface area contributed by atoms with Gasteiger partial charge in [-0.1, -0.05) is 18.2 Å². The van der Waals surface area contributed by atoms with E-state index in [1.165, 1.54) is 24.5 Å². The van der Waals surface area contributed by atoms with Gasteiger partial charge in [0.25, 0.3) is 5.91 Å². The fourth-order valence-corrected chi connectivity index (χ4v) is 3.21. The van der Waals surface area contributed by atoms with Crippen molar-refractivity contribution in [1.29, 1.82) is 0 Å². The summed E-state index contributed by atoms with van der Waals surface area (Å²) in [5.74, 6) is 1.05. The van der Waals surface area contributed by atoms with Crippen molar-refractivity contribution in [2.45, 2.75) is 12.5 Å². The molecule has 7 nitrogen and oxygen atoms in total. The maximum atomic E-state index is 12.4. The summed E-state index contributed by atoms with van der Waals surface area (Å²) in [4.78, 5) is 26.4. The fraction of sp³-hybridized carbons (Fsp3) is 0.136. The molecular formula is C22H19N3O4. The number of rotatable bonds is 5. The van der Waals surface area contributed by atoms with E-state index in [1.54, 1.807) is 4.90 Å². The third-order valence-corrected chi connectivity index (χ3v) is 4.65. The van der Waals surface area contributed by atoms with E-state index in [9.17, 15) is 14.8 Å². The lowest BCUT2D eigenvalue weighted by molar-refractivity contribution is -0.605. The lowest BCUT2D eigenvalue weighted by atomic mass is 10.2. The number of anilines is 1. The number of nitrogens with zero attached hydrogens (tertiary/aromatic N) is 2. The number of pyridine rings is 1. The van der Waals surface area contributed by atoms with E-state index in [1.807, 2.05) is 54.6 Å². The van der Waals surface area contributed by atoms with Gasteiger partial charge in [-0.05, 0) is 36.4 Å². The second-order valence-electron chi connectivity index (χ2n) is 6.73. The molecule has 146 valence electrons. The van der Waals surface area contributed by atoms with Gasteiger partial charge >= 0.3 is 0 Å². The lowest BCUT2D eigenvalue weighted by Gasteiger charge is -2.18. The van der Waals surface area contributed by atoms with Crippen LogP contribution in [0.15, 0.2) is 79.1 Å². The Hall–Kier alpha value is -3.87. The van der Waals surface area contributed by atoms with Gasteiger partial charge in [0.1, 0.15) is 11.5 Å². The van der Waals surface area contributed by atoms with E-state index in [0.717, 1.165) is 11.4 Å². The minimum absolute atomic E-state index is 0.0579. The highest BCUT2D eigenvalue weighted by Gasteiger charge is 2.31. The Morgan fingerprint density at radius 2 is 1.66 bits per heavy atom. The zero-order valence-electron chi connectivity index (χ0n) is 15.5. The highest BCUT2D eigenvalue weighted by Crippen LogP contribution is 2.27. The maximum absolute atomic E-state index is 12.4. The monoisotopic (exact) mass is 389 g/mol. The molecule has 7 heteroatoms. The van der Waals surface area contributed by atoms with E-state index >= 15 is 0 Å². The van der Waals surface area contributed by atoms with Gasteiger partial charge in [0.15, 0.2) is 12.4 Å².